The van der Waals surface area contributed by atoms with E-state index in [0.29, 0.717) is 6.42 Å². The Bertz CT molecular complexity index is 783. The second-order valence-electron chi connectivity index (χ2n) is 7.33. The van der Waals surface area contributed by atoms with Gasteiger partial charge in [-0.2, -0.15) is 0 Å². The highest BCUT2D eigenvalue weighted by atomic mass is 16.2. The lowest BCUT2D eigenvalue weighted by Gasteiger charge is -2.44. The van der Waals surface area contributed by atoms with Crippen LogP contribution >= 0.6 is 0 Å². The monoisotopic (exact) mass is 366 g/mol. The topological polar surface area (TPSA) is 73.4 Å². The van der Waals surface area contributed by atoms with Crippen molar-refractivity contribution in [3.8, 4) is 0 Å². The number of hydrazine groups is 1. The van der Waals surface area contributed by atoms with Crippen molar-refractivity contribution in [2.45, 2.75) is 32.4 Å². The van der Waals surface area contributed by atoms with Crippen LogP contribution < -0.4 is 15.8 Å². The van der Waals surface area contributed by atoms with Crippen LogP contribution in [0.3, 0.4) is 0 Å². The molecule has 1 amide bonds. The molecule has 142 valence electrons. The summed E-state index contributed by atoms with van der Waals surface area (Å²) in [6.45, 7) is 7.51. The second kappa shape index (κ2) is 7.62. The van der Waals surface area contributed by atoms with Crippen LogP contribution in [-0.2, 0) is 4.79 Å². The second-order valence-corrected chi connectivity index (χ2v) is 7.33. The van der Waals surface area contributed by atoms with Gasteiger partial charge in [0.15, 0.2) is 0 Å². The molecule has 2 fully saturated rings. The van der Waals surface area contributed by atoms with Crippen molar-refractivity contribution in [1.29, 1.82) is 0 Å². The van der Waals surface area contributed by atoms with Crippen LogP contribution in [0, 0.1) is 13.8 Å². The summed E-state index contributed by atoms with van der Waals surface area (Å²) in [6.07, 6.45) is 0.507. The molecule has 2 aliphatic heterocycles. The molecule has 0 radical (unpaired) electrons. The number of benzene rings is 1. The Kier molecular flexibility index (Phi) is 5.05. The van der Waals surface area contributed by atoms with Crippen molar-refractivity contribution >= 4 is 11.9 Å². The number of anilines is 1. The van der Waals surface area contributed by atoms with E-state index in [-0.39, 0.29) is 18.0 Å². The molecule has 1 aromatic carbocycles. The highest BCUT2D eigenvalue weighted by Crippen LogP contribution is 2.27. The van der Waals surface area contributed by atoms with Gasteiger partial charge in [0, 0.05) is 50.0 Å². The molecule has 7 heteroatoms. The van der Waals surface area contributed by atoms with E-state index in [4.69, 9.17) is 0 Å². The van der Waals surface area contributed by atoms with Crippen molar-refractivity contribution in [1.82, 2.24) is 25.7 Å². The molecular formula is C20H26N6O. The molecule has 0 saturated carbocycles. The zero-order chi connectivity index (χ0) is 18.8. The molecule has 2 aromatic rings. The van der Waals surface area contributed by atoms with Gasteiger partial charge in [-0.25, -0.2) is 15.4 Å². The van der Waals surface area contributed by atoms with Gasteiger partial charge in [0.05, 0.1) is 6.04 Å². The van der Waals surface area contributed by atoms with Gasteiger partial charge >= 0.3 is 0 Å². The lowest BCUT2D eigenvalue weighted by atomic mass is 9.93. The number of aryl methyl sites for hydroxylation is 2. The summed E-state index contributed by atoms with van der Waals surface area (Å²) in [5, 5.41) is 0. The number of rotatable bonds is 3. The van der Waals surface area contributed by atoms with Gasteiger partial charge in [-0.15, -0.1) is 0 Å². The average molecular weight is 366 g/mol. The Morgan fingerprint density at radius 1 is 1.00 bits per heavy atom. The largest absolute Gasteiger partial charge is 0.338 e. The number of carbonyl (C=O) groups excluding carboxylic acids is 1. The minimum Gasteiger partial charge on any atom is -0.338 e. The Morgan fingerprint density at radius 2 is 1.67 bits per heavy atom. The fourth-order valence-corrected chi connectivity index (χ4v) is 4.02. The van der Waals surface area contributed by atoms with Crippen molar-refractivity contribution in [2.24, 2.45) is 0 Å². The third-order valence-electron chi connectivity index (χ3n) is 5.34. The number of nitrogens with zero attached hydrogens (tertiary/aromatic N) is 4. The first kappa shape index (κ1) is 17.9. The van der Waals surface area contributed by atoms with Crippen molar-refractivity contribution in [3.63, 3.8) is 0 Å². The quantitative estimate of drug-likeness (QED) is 0.854. The lowest BCUT2D eigenvalue weighted by Crippen LogP contribution is -2.60. The van der Waals surface area contributed by atoms with Gasteiger partial charge in [0.1, 0.15) is 0 Å². The summed E-state index contributed by atoms with van der Waals surface area (Å²) in [5.74, 6) is 0.860. The van der Waals surface area contributed by atoms with Crippen LogP contribution in [0.1, 0.15) is 29.4 Å². The number of piperazine rings is 1. The molecule has 2 aliphatic rings. The first-order valence-corrected chi connectivity index (χ1v) is 9.51. The van der Waals surface area contributed by atoms with Gasteiger partial charge in [-0.1, -0.05) is 30.3 Å². The molecule has 27 heavy (non-hydrogen) atoms. The lowest BCUT2D eigenvalue weighted by molar-refractivity contribution is -0.126. The van der Waals surface area contributed by atoms with E-state index >= 15 is 0 Å². The maximum atomic E-state index is 12.0. The van der Waals surface area contributed by atoms with Crippen molar-refractivity contribution < 1.29 is 4.79 Å². The molecule has 7 nitrogen and oxygen atoms in total. The van der Waals surface area contributed by atoms with Crippen LogP contribution in [0.5, 0.6) is 0 Å². The highest BCUT2D eigenvalue weighted by molar-refractivity contribution is 5.77. The third kappa shape index (κ3) is 3.94. The molecule has 2 unspecified atom stereocenters. The van der Waals surface area contributed by atoms with Crippen LogP contribution in [0.25, 0.3) is 0 Å². The van der Waals surface area contributed by atoms with E-state index in [1.54, 1.807) is 0 Å². The van der Waals surface area contributed by atoms with E-state index in [1.165, 1.54) is 5.56 Å². The van der Waals surface area contributed by atoms with E-state index in [0.717, 1.165) is 43.5 Å². The summed E-state index contributed by atoms with van der Waals surface area (Å²) >= 11 is 0. The molecule has 2 N–H and O–H groups in total. The summed E-state index contributed by atoms with van der Waals surface area (Å²) in [7, 11) is 0. The fraction of sp³-hybridized carbons (Fsp3) is 0.450. The van der Waals surface area contributed by atoms with Gasteiger partial charge in [-0.05, 0) is 25.5 Å². The van der Waals surface area contributed by atoms with Crippen LogP contribution in [0.15, 0.2) is 36.4 Å². The summed E-state index contributed by atoms with van der Waals surface area (Å²) in [4.78, 5) is 25.9. The molecular weight excluding hydrogens is 340 g/mol. The van der Waals surface area contributed by atoms with Crippen LogP contribution in [0.2, 0.25) is 0 Å². The minimum absolute atomic E-state index is 0.0484. The molecule has 2 atom stereocenters. The first-order chi connectivity index (χ1) is 13.1. The summed E-state index contributed by atoms with van der Waals surface area (Å²) in [5.41, 5.74) is 9.20. The maximum Gasteiger partial charge on any atom is 0.235 e. The zero-order valence-corrected chi connectivity index (χ0v) is 15.9. The van der Waals surface area contributed by atoms with Gasteiger partial charge in [0.2, 0.25) is 11.9 Å². The van der Waals surface area contributed by atoms with Gasteiger partial charge < -0.3 is 4.90 Å². The number of hydrogen-bond acceptors (Lipinski definition) is 6. The van der Waals surface area contributed by atoms with E-state index in [1.807, 2.05) is 38.1 Å². The third-order valence-corrected chi connectivity index (χ3v) is 5.34. The zero-order valence-electron chi connectivity index (χ0n) is 15.9. The smallest absolute Gasteiger partial charge is 0.235 e. The number of aromatic nitrogens is 2. The minimum atomic E-state index is 0.0484. The predicted octanol–water partition coefficient (Wildman–Crippen LogP) is 1.35. The normalized spacial score (nSPS) is 23.9. The van der Waals surface area contributed by atoms with Crippen molar-refractivity contribution in [2.75, 3.05) is 31.1 Å². The fourth-order valence-electron chi connectivity index (χ4n) is 4.02. The Hall–Kier alpha value is -2.51. The first-order valence-electron chi connectivity index (χ1n) is 9.51. The van der Waals surface area contributed by atoms with E-state index < -0.39 is 0 Å². The molecule has 4 rings (SSSR count). The predicted molar refractivity (Wildman–Crippen MR) is 104 cm³/mol. The summed E-state index contributed by atoms with van der Waals surface area (Å²) in [6, 6.07) is 12.6. The number of hydrogen-bond donors (Lipinski definition) is 2. The van der Waals surface area contributed by atoms with Crippen LogP contribution in [-0.4, -0.2) is 53.0 Å². The maximum absolute atomic E-state index is 12.0. The van der Waals surface area contributed by atoms with Crippen molar-refractivity contribution in [3.05, 3.63) is 53.3 Å². The van der Waals surface area contributed by atoms with Gasteiger partial charge in [-0.3, -0.25) is 15.1 Å². The molecule has 3 heterocycles. The number of carbonyl (C=O) groups is 1. The van der Waals surface area contributed by atoms with E-state index in [2.05, 4.69) is 42.8 Å². The molecule has 2 saturated heterocycles. The number of amides is 1. The standard InChI is InChI=1S/C20H26N6O/c1-14-12-15(2)22-20(21-14)26-10-8-25(9-11-26)17-13-18(27)23-24-19(17)16-6-4-3-5-7-16/h3-7,12,17,19,24H,8-11,13H2,1-2H3,(H,23,27). The van der Waals surface area contributed by atoms with Gasteiger partial charge in [0.25, 0.3) is 0 Å². The molecule has 0 spiro atoms. The summed E-state index contributed by atoms with van der Waals surface area (Å²) < 4.78 is 0. The Morgan fingerprint density at radius 3 is 2.33 bits per heavy atom. The number of nitrogens with one attached hydrogen (secondary N) is 2. The Balaban J connectivity index is 1.47. The molecule has 0 aliphatic carbocycles. The van der Waals surface area contributed by atoms with Crippen LogP contribution in [0.4, 0.5) is 5.95 Å². The van der Waals surface area contributed by atoms with E-state index in [9.17, 15) is 4.79 Å². The molecule has 0 bridgehead atoms. The SMILES string of the molecule is Cc1cc(C)nc(N2CCN(C3CC(=O)NNC3c3ccccc3)CC2)n1. The average Bonchev–Trinajstić information content (AvgIpc) is 2.68. The highest BCUT2D eigenvalue weighted by Gasteiger charge is 2.36. The Labute approximate surface area is 159 Å². The molecule has 1 aromatic heterocycles.